The van der Waals surface area contributed by atoms with Gasteiger partial charge < -0.3 is 14.0 Å². The van der Waals surface area contributed by atoms with Crippen LogP contribution in [0.3, 0.4) is 0 Å². The average molecular weight is 369 g/mol. The molecule has 2 rings (SSSR count). The number of rotatable bonds is 8. The Morgan fingerprint density at radius 2 is 1.81 bits per heavy atom. The normalized spacial score (nSPS) is 29.8. The summed E-state index contributed by atoms with van der Waals surface area (Å²) < 4.78 is 11.6. The van der Waals surface area contributed by atoms with Gasteiger partial charge in [0.05, 0.1) is 33.7 Å². The van der Waals surface area contributed by atoms with Crippen molar-refractivity contribution in [1.82, 2.24) is 0 Å². The van der Waals surface area contributed by atoms with Crippen LogP contribution in [0.25, 0.3) is 0 Å². The number of esters is 2. The van der Waals surface area contributed by atoms with Crippen LogP contribution in [0, 0.1) is 22.7 Å². The van der Waals surface area contributed by atoms with Gasteiger partial charge in [-0.05, 0) is 36.5 Å². The highest BCUT2D eigenvalue weighted by Crippen LogP contribution is 2.66. The van der Waals surface area contributed by atoms with E-state index in [0.29, 0.717) is 35.9 Å². The molecule has 0 aliphatic heterocycles. The molecule has 0 amide bonds. The predicted molar refractivity (Wildman–Crippen MR) is 101 cm³/mol. The second-order valence-electron chi connectivity index (χ2n) is 10.2. The molecule has 0 saturated heterocycles. The third kappa shape index (κ3) is 4.41. The number of carbonyl (C=O) groups is 2. The zero-order valence-corrected chi connectivity index (χ0v) is 17.8. The highest BCUT2D eigenvalue weighted by molar-refractivity contribution is 5.71. The number of hydrogen-bond acceptors (Lipinski definition) is 4. The van der Waals surface area contributed by atoms with E-state index >= 15 is 0 Å². The first-order chi connectivity index (χ1) is 11.9. The Kier molecular flexibility index (Phi) is 6.11. The molecule has 26 heavy (non-hydrogen) atoms. The number of ether oxygens (including phenoxy) is 2. The van der Waals surface area contributed by atoms with E-state index in [2.05, 4.69) is 20.8 Å². The standard InChI is InChI=1S/C21H38NO4/c1-15(2)14-25-19(24)13-22(6,7)11-9-18(23)26-17-12-16-8-10-21(17,5)20(16,3)4/h15-17H,8-14H2,1-7H3/q+1/t16-,17+,21-/m0/s1. The Bertz CT molecular complexity index is 540. The highest BCUT2D eigenvalue weighted by atomic mass is 16.5. The number of fused-ring (bicyclic) bond motifs is 2. The Morgan fingerprint density at radius 3 is 2.31 bits per heavy atom. The Morgan fingerprint density at radius 1 is 1.15 bits per heavy atom. The quantitative estimate of drug-likeness (QED) is 0.487. The summed E-state index contributed by atoms with van der Waals surface area (Å²) in [6, 6.07) is 0. The number of hydrogen-bond donors (Lipinski definition) is 0. The fraction of sp³-hybridized carbons (Fsp3) is 0.905. The second-order valence-corrected chi connectivity index (χ2v) is 10.2. The van der Waals surface area contributed by atoms with Crippen molar-refractivity contribution in [2.24, 2.45) is 22.7 Å². The van der Waals surface area contributed by atoms with Crippen LogP contribution in [0.5, 0.6) is 0 Å². The van der Waals surface area contributed by atoms with Crippen molar-refractivity contribution in [2.45, 2.75) is 66.4 Å². The van der Waals surface area contributed by atoms with Gasteiger partial charge in [-0.3, -0.25) is 4.79 Å². The van der Waals surface area contributed by atoms with Crippen LogP contribution in [0.15, 0.2) is 0 Å². The molecule has 0 unspecified atom stereocenters. The molecule has 0 aromatic carbocycles. The molecule has 0 N–H and O–H groups in total. The van der Waals surface area contributed by atoms with Crippen molar-refractivity contribution in [3.05, 3.63) is 0 Å². The number of quaternary nitrogens is 1. The van der Waals surface area contributed by atoms with Gasteiger partial charge in [0.15, 0.2) is 6.54 Å². The van der Waals surface area contributed by atoms with Gasteiger partial charge in [-0.1, -0.05) is 34.6 Å². The van der Waals surface area contributed by atoms with E-state index in [1.807, 2.05) is 27.9 Å². The number of nitrogens with zero attached hydrogens (tertiary/aromatic N) is 1. The lowest BCUT2D eigenvalue weighted by Gasteiger charge is -2.38. The topological polar surface area (TPSA) is 52.6 Å². The summed E-state index contributed by atoms with van der Waals surface area (Å²) in [5, 5.41) is 0. The molecule has 0 aromatic rings. The summed E-state index contributed by atoms with van der Waals surface area (Å²) in [5.41, 5.74) is 0.339. The first kappa shape index (κ1) is 21.2. The Hall–Kier alpha value is -1.10. The molecule has 2 saturated carbocycles. The lowest BCUT2D eigenvalue weighted by Crippen LogP contribution is -2.46. The van der Waals surface area contributed by atoms with Crippen LogP contribution in [-0.4, -0.2) is 56.3 Å². The fourth-order valence-electron chi connectivity index (χ4n) is 4.65. The lowest BCUT2D eigenvalue weighted by atomic mass is 9.70. The van der Waals surface area contributed by atoms with Gasteiger partial charge in [0.1, 0.15) is 6.10 Å². The number of likely N-dealkylation sites (N-methyl/N-ethyl adjacent to an activating group) is 1. The van der Waals surface area contributed by atoms with Gasteiger partial charge in [-0.15, -0.1) is 0 Å². The van der Waals surface area contributed by atoms with Gasteiger partial charge in [0.25, 0.3) is 0 Å². The third-order valence-electron chi connectivity index (χ3n) is 7.04. The van der Waals surface area contributed by atoms with Crippen molar-refractivity contribution in [1.29, 1.82) is 0 Å². The largest absolute Gasteiger partial charge is 0.462 e. The summed E-state index contributed by atoms with van der Waals surface area (Å²) in [6.45, 7) is 12.2. The lowest BCUT2D eigenvalue weighted by molar-refractivity contribution is -0.882. The maximum atomic E-state index is 12.4. The SMILES string of the molecule is CC(C)COC(=O)C[N+](C)(C)CCC(=O)O[C@@H]1C[C@@H]2CC[C@]1(C)C2(C)C. The third-order valence-corrected chi connectivity index (χ3v) is 7.04. The monoisotopic (exact) mass is 368 g/mol. The molecule has 2 aliphatic rings. The minimum Gasteiger partial charge on any atom is -0.462 e. The molecule has 0 spiro atoms. The van der Waals surface area contributed by atoms with Gasteiger partial charge in [0, 0.05) is 5.41 Å². The number of carbonyl (C=O) groups excluding carboxylic acids is 2. The molecular formula is C21H38NO4+. The maximum Gasteiger partial charge on any atom is 0.361 e. The van der Waals surface area contributed by atoms with Gasteiger partial charge in [-0.25, -0.2) is 4.79 Å². The molecule has 150 valence electrons. The summed E-state index contributed by atoms with van der Waals surface area (Å²) in [6.07, 6.45) is 3.76. The molecule has 2 fully saturated rings. The molecule has 0 aromatic heterocycles. The summed E-state index contributed by atoms with van der Waals surface area (Å²) in [5.74, 6) is 0.644. The van der Waals surface area contributed by atoms with Crippen LogP contribution in [0.4, 0.5) is 0 Å². The average Bonchev–Trinajstić information content (AvgIpc) is 2.84. The van der Waals surface area contributed by atoms with E-state index < -0.39 is 0 Å². The van der Waals surface area contributed by atoms with Gasteiger partial charge in [-0.2, -0.15) is 0 Å². The first-order valence-electron chi connectivity index (χ1n) is 10.0. The Labute approximate surface area is 159 Å². The van der Waals surface area contributed by atoms with Gasteiger partial charge >= 0.3 is 11.9 Å². The van der Waals surface area contributed by atoms with E-state index in [1.165, 1.54) is 6.42 Å². The zero-order chi connectivity index (χ0) is 19.8. The Balaban J connectivity index is 1.79. The minimum absolute atomic E-state index is 0.0374. The van der Waals surface area contributed by atoms with E-state index in [0.717, 1.165) is 12.8 Å². The minimum atomic E-state index is -0.209. The van der Waals surface area contributed by atoms with Crippen molar-refractivity contribution in [3.63, 3.8) is 0 Å². The predicted octanol–water partition coefficient (Wildman–Crippen LogP) is 3.41. The smallest absolute Gasteiger partial charge is 0.361 e. The van der Waals surface area contributed by atoms with Crippen LogP contribution in [0.1, 0.15) is 60.3 Å². The van der Waals surface area contributed by atoms with Crippen LogP contribution < -0.4 is 0 Å². The molecule has 5 nitrogen and oxygen atoms in total. The van der Waals surface area contributed by atoms with E-state index in [-0.39, 0.29) is 35.4 Å². The molecule has 2 bridgehead atoms. The summed E-state index contributed by atoms with van der Waals surface area (Å²) in [7, 11) is 3.90. The van der Waals surface area contributed by atoms with E-state index in [4.69, 9.17) is 9.47 Å². The highest BCUT2D eigenvalue weighted by Gasteiger charge is 2.62. The molecule has 2 aliphatic carbocycles. The van der Waals surface area contributed by atoms with E-state index in [1.54, 1.807) is 0 Å². The fourth-order valence-corrected chi connectivity index (χ4v) is 4.65. The van der Waals surface area contributed by atoms with E-state index in [9.17, 15) is 9.59 Å². The second kappa shape index (κ2) is 7.49. The maximum absolute atomic E-state index is 12.4. The van der Waals surface area contributed by atoms with Crippen molar-refractivity contribution in [3.8, 4) is 0 Å². The first-order valence-corrected chi connectivity index (χ1v) is 10.0. The summed E-state index contributed by atoms with van der Waals surface area (Å²) >= 11 is 0. The molecular weight excluding hydrogens is 330 g/mol. The molecule has 0 heterocycles. The molecule has 3 atom stereocenters. The molecule has 0 radical (unpaired) electrons. The van der Waals surface area contributed by atoms with Crippen LogP contribution in [-0.2, 0) is 19.1 Å². The van der Waals surface area contributed by atoms with Crippen molar-refractivity contribution >= 4 is 11.9 Å². The zero-order valence-electron chi connectivity index (χ0n) is 17.8. The van der Waals surface area contributed by atoms with Gasteiger partial charge in [0.2, 0.25) is 0 Å². The van der Waals surface area contributed by atoms with Crippen molar-refractivity contribution in [2.75, 3.05) is 33.8 Å². The molecule has 5 heteroatoms. The van der Waals surface area contributed by atoms with Crippen molar-refractivity contribution < 1.29 is 23.5 Å². The van der Waals surface area contributed by atoms with Crippen LogP contribution >= 0.6 is 0 Å². The summed E-state index contributed by atoms with van der Waals surface area (Å²) in [4.78, 5) is 24.4. The van der Waals surface area contributed by atoms with Crippen LogP contribution in [0.2, 0.25) is 0 Å².